The highest BCUT2D eigenvalue weighted by molar-refractivity contribution is 5.92. The molecule has 0 saturated heterocycles. The second-order valence-electron chi connectivity index (χ2n) is 5.48. The molecular formula is C16H16FN7O. The molecule has 3 rings (SSSR count). The van der Waals surface area contributed by atoms with E-state index in [1.807, 2.05) is 6.92 Å². The van der Waals surface area contributed by atoms with E-state index < -0.39 is 5.91 Å². The third-order valence-electron chi connectivity index (χ3n) is 3.48. The molecule has 0 aromatic carbocycles. The van der Waals surface area contributed by atoms with Crippen molar-refractivity contribution in [2.45, 2.75) is 19.4 Å². The van der Waals surface area contributed by atoms with Crippen LogP contribution in [0, 0.1) is 5.82 Å². The lowest BCUT2D eigenvalue weighted by Gasteiger charge is -2.13. The number of hydrogen-bond acceptors (Lipinski definition) is 6. The predicted molar refractivity (Wildman–Crippen MR) is 88.7 cm³/mol. The van der Waals surface area contributed by atoms with Crippen molar-refractivity contribution in [1.29, 1.82) is 0 Å². The fraction of sp³-hybridized carbons (Fsp3) is 0.188. The van der Waals surface area contributed by atoms with Gasteiger partial charge in [0.15, 0.2) is 0 Å². The van der Waals surface area contributed by atoms with Crippen LogP contribution in [0.1, 0.15) is 23.0 Å². The number of nitrogens with zero attached hydrogens (tertiary/aromatic N) is 5. The van der Waals surface area contributed by atoms with E-state index in [1.54, 1.807) is 24.7 Å². The zero-order valence-electron chi connectivity index (χ0n) is 13.4. The SMILES string of the molecule is CC(Cc1ncccc1F)Nc1ncc(-n2cc(C(N)=O)cn2)cn1. The van der Waals surface area contributed by atoms with Gasteiger partial charge in [0, 0.05) is 24.9 Å². The van der Waals surface area contributed by atoms with Crippen LogP contribution in [0.4, 0.5) is 10.3 Å². The Morgan fingerprint density at radius 3 is 2.72 bits per heavy atom. The first-order chi connectivity index (χ1) is 12.0. The molecule has 3 N–H and O–H groups in total. The van der Waals surface area contributed by atoms with Crippen molar-refractivity contribution in [3.05, 3.63) is 60.2 Å². The molecule has 1 amide bonds. The molecule has 8 nitrogen and oxygen atoms in total. The summed E-state index contributed by atoms with van der Waals surface area (Å²) in [5.74, 6) is -0.493. The van der Waals surface area contributed by atoms with E-state index in [2.05, 4.69) is 25.4 Å². The van der Waals surface area contributed by atoms with E-state index in [1.165, 1.54) is 23.1 Å². The molecule has 0 aliphatic carbocycles. The molecule has 0 spiro atoms. The van der Waals surface area contributed by atoms with Crippen LogP contribution in [0.25, 0.3) is 5.69 Å². The molecule has 1 atom stereocenters. The number of pyridine rings is 1. The Labute approximate surface area is 142 Å². The lowest BCUT2D eigenvalue weighted by Crippen LogP contribution is -2.21. The second kappa shape index (κ2) is 7.04. The zero-order chi connectivity index (χ0) is 17.8. The third kappa shape index (κ3) is 3.94. The molecule has 0 saturated carbocycles. The van der Waals surface area contributed by atoms with Crippen LogP contribution in [0.5, 0.6) is 0 Å². The van der Waals surface area contributed by atoms with E-state index >= 15 is 0 Å². The van der Waals surface area contributed by atoms with Gasteiger partial charge in [-0.3, -0.25) is 9.78 Å². The molecule has 0 aliphatic heterocycles. The fourth-order valence-electron chi connectivity index (χ4n) is 2.24. The molecule has 0 radical (unpaired) electrons. The quantitative estimate of drug-likeness (QED) is 0.700. The monoisotopic (exact) mass is 341 g/mol. The summed E-state index contributed by atoms with van der Waals surface area (Å²) in [6.45, 7) is 1.89. The van der Waals surface area contributed by atoms with Crippen LogP contribution in [-0.4, -0.2) is 36.7 Å². The van der Waals surface area contributed by atoms with Gasteiger partial charge in [-0.1, -0.05) is 0 Å². The van der Waals surface area contributed by atoms with Gasteiger partial charge < -0.3 is 11.1 Å². The van der Waals surface area contributed by atoms with Crippen molar-refractivity contribution in [2.24, 2.45) is 5.73 Å². The Balaban J connectivity index is 1.65. The first kappa shape index (κ1) is 16.5. The summed E-state index contributed by atoms with van der Waals surface area (Å²) in [6.07, 6.45) is 7.95. The van der Waals surface area contributed by atoms with Crippen molar-refractivity contribution >= 4 is 11.9 Å². The summed E-state index contributed by atoms with van der Waals surface area (Å²) < 4.78 is 15.1. The Kier molecular flexibility index (Phi) is 4.64. The lowest BCUT2D eigenvalue weighted by atomic mass is 10.1. The fourth-order valence-corrected chi connectivity index (χ4v) is 2.24. The molecule has 0 aliphatic rings. The average molecular weight is 341 g/mol. The number of nitrogens with two attached hydrogens (primary N) is 1. The Bertz CT molecular complexity index is 878. The highest BCUT2D eigenvalue weighted by Crippen LogP contribution is 2.11. The number of hydrogen-bond donors (Lipinski definition) is 2. The van der Waals surface area contributed by atoms with Crippen LogP contribution in [-0.2, 0) is 6.42 Å². The van der Waals surface area contributed by atoms with Crippen LogP contribution in [0.2, 0.25) is 0 Å². The van der Waals surface area contributed by atoms with E-state index in [0.717, 1.165) is 0 Å². The van der Waals surface area contributed by atoms with Crippen molar-refractivity contribution in [2.75, 3.05) is 5.32 Å². The lowest BCUT2D eigenvalue weighted by molar-refractivity contribution is 0.100. The topological polar surface area (TPSA) is 112 Å². The van der Waals surface area contributed by atoms with E-state index in [9.17, 15) is 9.18 Å². The molecule has 128 valence electrons. The zero-order valence-corrected chi connectivity index (χ0v) is 13.4. The van der Waals surface area contributed by atoms with E-state index in [4.69, 9.17) is 5.73 Å². The van der Waals surface area contributed by atoms with Gasteiger partial charge in [0.05, 0.1) is 29.8 Å². The van der Waals surface area contributed by atoms with Crippen molar-refractivity contribution < 1.29 is 9.18 Å². The maximum absolute atomic E-state index is 13.6. The Hall–Kier alpha value is -3.36. The Morgan fingerprint density at radius 2 is 2.08 bits per heavy atom. The molecule has 3 aromatic rings. The van der Waals surface area contributed by atoms with Crippen LogP contribution >= 0.6 is 0 Å². The minimum Gasteiger partial charge on any atom is -0.366 e. The molecule has 9 heteroatoms. The minimum atomic E-state index is -0.555. The predicted octanol–water partition coefficient (Wildman–Crippen LogP) is 1.34. The van der Waals surface area contributed by atoms with Gasteiger partial charge in [0.2, 0.25) is 5.95 Å². The summed E-state index contributed by atoms with van der Waals surface area (Å²) >= 11 is 0. The normalized spacial score (nSPS) is 11.9. The highest BCUT2D eigenvalue weighted by atomic mass is 19.1. The standard InChI is InChI=1S/C16H16FN7O/c1-10(5-14-13(17)3-2-4-19-14)23-16-20-7-12(8-21-16)24-9-11(6-22-24)15(18)25/h2-4,6-10H,5H2,1H3,(H2,18,25)(H,20,21,23). The van der Waals surface area contributed by atoms with Gasteiger partial charge in [-0.25, -0.2) is 19.0 Å². The largest absolute Gasteiger partial charge is 0.366 e. The number of anilines is 1. The molecule has 0 fully saturated rings. The van der Waals surface area contributed by atoms with Crippen LogP contribution in [0.15, 0.2) is 43.1 Å². The number of rotatable bonds is 6. The summed E-state index contributed by atoms with van der Waals surface area (Å²) in [4.78, 5) is 23.5. The van der Waals surface area contributed by atoms with Gasteiger partial charge in [-0.2, -0.15) is 5.10 Å². The summed E-state index contributed by atoms with van der Waals surface area (Å²) in [5, 5.41) is 7.12. The molecule has 25 heavy (non-hydrogen) atoms. The molecular weight excluding hydrogens is 325 g/mol. The first-order valence-electron chi connectivity index (χ1n) is 7.56. The maximum atomic E-state index is 13.6. The molecule has 0 bridgehead atoms. The summed E-state index contributed by atoms with van der Waals surface area (Å²) in [7, 11) is 0. The van der Waals surface area contributed by atoms with Gasteiger partial charge >= 0.3 is 0 Å². The third-order valence-corrected chi connectivity index (χ3v) is 3.48. The number of aromatic nitrogens is 5. The Morgan fingerprint density at radius 1 is 1.32 bits per heavy atom. The average Bonchev–Trinajstić information content (AvgIpc) is 3.08. The number of carbonyl (C=O) groups is 1. The number of nitrogens with one attached hydrogen (secondary N) is 1. The van der Waals surface area contributed by atoms with Crippen molar-refractivity contribution in [3.8, 4) is 5.69 Å². The molecule has 3 aromatic heterocycles. The molecule has 1 unspecified atom stereocenters. The highest BCUT2D eigenvalue weighted by Gasteiger charge is 2.11. The molecule has 3 heterocycles. The smallest absolute Gasteiger partial charge is 0.251 e. The van der Waals surface area contributed by atoms with Crippen molar-refractivity contribution in [3.63, 3.8) is 0 Å². The first-order valence-corrected chi connectivity index (χ1v) is 7.56. The van der Waals surface area contributed by atoms with E-state index in [0.29, 0.717) is 29.3 Å². The minimum absolute atomic E-state index is 0.110. The number of amides is 1. The summed E-state index contributed by atoms with van der Waals surface area (Å²) in [6, 6.07) is 2.82. The summed E-state index contributed by atoms with van der Waals surface area (Å²) in [5.41, 5.74) is 6.46. The second-order valence-corrected chi connectivity index (χ2v) is 5.48. The number of carbonyl (C=O) groups excluding carboxylic acids is 1. The van der Waals surface area contributed by atoms with Crippen LogP contribution in [0.3, 0.4) is 0 Å². The van der Waals surface area contributed by atoms with E-state index in [-0.39, 0.29) is 11.9 Å². The van der Waals surface area contributed by atoms with Gasteiger partial charge in [-0.15, -0.1) is 0 Å². The number of halogens is 1. The van der Waals surface area contributed by atoms with Crippen LogP contribution < -0.4 is 11.1 Å². The maximum Gasteiger partial charge on any atom is 0.251 e. The number of primary amides is 1. The van der Waals surface area contributed by atoms with Gasteiger partial charge in [0.1, 0.15) is 11.5 Å². The van der Waals surface area contributed by atoms with Crippen molar-refractivity contribution in [1.82, 2.24) is 24.7 Å². The van der Waals surface area contributed by atoms with Gasteiger partial charge in [0.25, 0.3) is 5.91 Å². The van der Waals surface area contributed by atoms with Gasteiger partial charge in [-0.05, 0) is 19.1 Å².